The minimum Gasteiger partial charge on any atom is -1.00 e. The molecule has 0 spiro atoms. The van der Waals surface area contributed by atoms with E-state index < -0.39 is 8.24 Å². The summed E-state index contributed by atoms with van der Waals surface area (Å²) in [4.78, 5) is 35.9. The molecule has 0 amide bonds. The van der Waals surface area contributed by atoms with E-state index in [1.165, 1.54) is 27.6 Å². The maximum Gasteiger partial charge on any atom is 1.00 e. The van der Waals surface area contributed by atoms with E-state index >= 15 is 0 Å². The first-order valence-electron chi connectivity index (χ1n) is 23.2. The van der Waals surface area contributed by atoms with Crippen molar-refractivity contribution in [1.29, 1.82) is 0 Å². The number of H-pyrrole nitrogens is 1. The maximum atomic E-state index is 5.09. The molecule has 0 saturated carbocycles. The van der Waals surface area contributed by atoms with E-state index in [9.17, 15) is 0 Å². The van der Waals surface area contributed by atoms with Crippen molar-refractivity contribution in [3.05, 3.63) is 169 Å². The van der Waals surface area contributed by atoms with Crippen LogP contribution >= 0.6 is 0 Å². The van der Waals surface area contributed by atoms with Crippen molar-refractivity contribution < 1.29 is 73.6 Å². The van der Waals surface area contributed by atoms with Crippen molar-refractivity contribution in [2.45, 2.75) is 84.3 Å². The van der Waals surface area contributed by atoms with Gasteiger partial charge >= 0.3 is 68.9 Å². The third-order valence-electron chi connectivity index (χ3n) is 14.3. The number of halogens is 1. The van der Waals surface area contributed by atoms with E-state index in [0.29, 0.717) is 16.6 Å². The van der Waals surface area contributed by atoms with Crippen LogP contribution in [0, 0.1) is 0 Å². The topological polar surface area (TPSA) is 105 Å². The van der Waals surface area contributed by atoms with Gasteiger partial charge in [0.15, 0.2) is 8.24 Å². The zero-order valence-corrected chi connectivity index (χ0v) is 47.1. The van der Waals surface area contributed by atoms with Gasteiger partial charge in [0.2, 0.25) is 0 Å². The van der Waals surface area contributed by atoms with Crippen LogP contribution in [0.15, 0.2) is 147 Å². The van der Waals surface area contributed by atoms with Gasteiger partial charge in [-0.2, -0.15) is 0 Å². The van der Waals surface area contributed by atoms with Gasteiger partial charge in [-0.3, -0.25) is 0 Å². The zero-order valence-electron chi connectivity index (χ0n) is 39.8. The van der Waals surface area contributed by atoms with E-state index in [-0.39, 0.29) is 73.6 Å². The second-order valence-corrected chi connectivity index (χ2v) is 24.6. The summed E-state index contributed by atoms with van der Waals surface area (Å²) >= 11 is 0. The summed E-state index contributed by atoms with van der Waals surface area (Å²) in [6, 6.07) is 38.9. The Labute approximate surface area is 456 Å². The summed E-state index contributed by atoms with van der Waals surface area (Å²) in [7, 11) is -1.87. The van der Waals surface area contributed by atoms with Gasteiger partial charge < -0.3 is 23.7 Å². The maximum absolute atomic E-state index is 5.09. The molecule has 4 aromatic carbocycles. The average molecular weight is 1040 g/mol. The fourth-order valence-electron chi connectivity index (χ4n) is 11.3. The van der Waals surface area contributed by atoms with E-state index in [4.69, 9.17) is 9.97 Å². The quantitative estimate of drug-likeness (QED) is 0.164. The molecule has 0 atom stereocenters. The summed E-state index contributed by atoms with van der Waals surface area (Å²) in [6.45, 7) is 17.9. The molecular formula is C55H54CsFN10Si. The molecule has 0 saturated heterocycles. The number of aromatic nitrogens is 8. The van der Waals surface area contributed by atoms with Crippen molar-refractivity contribution in [2.75, 3.05) is 9.80 Å². The van der Waals surface area contributed by atoms with Crippen LogP contribution in [-0.2, 0) is 26.2 Å². The number of hydrogen-bond acceptors (Lipinski definition) is 8. The van der Waals surface area contributed by atoms with Crippen molar-refractivity contribution in [3.8, 4) is 22.3 Å². The van der Waals surface area contributed by atoms with Gasteiger partial charge in [-0.05, 0) is 105 Å². The molecule has 2 aliphatic heterocycles. The number of pyridine rings is 2. The number of benzene rings is 4. The summed E-state index contributed by atoms with van der Waals surface area (Å²) in [5.41, 5.74) is 15.8. The van der Waals surface area contributed by atoms with Gasteiger partial charge in [0.25, 0.3) is 0 Å². The van der Waals surface area contributed by atoms with Gasteiger partial charge in [0.1, 0.15) is 35.6 Å². The predicted octanol–water partition coefficient (Wildman–Crippen LogP) is 6.89. The number of fused-ring (bicyclic) bond motifs is 6. The first kappa shape index (κ1) is 47.8. The van der Waals surface area contributed by atoms with Crippen LogP contribution in [0.4, 0.5) is 11.6 Å². The standard InChI is InChI=1S/C32H37N5Si.C23H17N5.Cs.FH/c1-21(2)38(22(3)4,23(5)6)37-14-13-25-15-28(17-33-31(25)37)24-11-12-30-29(16-24)32(35-20-34-30)36-18-26-9-7-8-10-27(26)19-36;1-2-4-18-13-28(12-17(18)3-1)23-20-10-15(5-6-21(20)26-14-27-23)19-9-16-7-8-24-22(16)25-11-19;;/h7-17,20-23H,18-19H2,1-6H3;1-11,14H,12-13H2,(H,24,25);;1H/q;;+1;/p-1. The minimum absolute atomic E-state index is 0. The second-order valence-electron chi connectivity index (χ2n) is 18.9. The van der Waals surface area contributed by atoms with Crippen LogP contribution < -0.4 is 83.4 Å². The third-order valence-corrected chi connectivity index (χ3v) is 21.0. The molecule has 8 heterocycles. The van der Waals surface area contributed by atoms with E-state index in [0.717, 1.165) is 98.6 Å². The predicted molar refractivity (Wildman–Crippen MR) is 272 cm³/mol. The monoisotopic (exact) mass is 1030 g/mol. The van der Waals surface area contributed by atoms with Crippen molar-refractivity contribution in [1.82, 2.24) is 39.1 Å². The summed E-state index contributed by atoms with van der Waals surface area (Å²) < 4.78 is 2.59. The molecule has 68 heavy (non-hydrogen) atoms. The van der Waals surface area contributed by atoms with E-state index in [1.807, 2.05) is 18.5 Å². The summed E-state index contributed by atoms with van der Waals surface area (Å²) in [5.74, 6) is 1.98. The van der Waals surface area contributed by atoms with Crippen LogP contribution in [0.3, 0.4) is 0 Å². The second kappa shape index (κ2) is 19.6. The smallest absolute Gasteiger partial charge is 1.00 e. The van der Waals surface area contributed by atoms with Gasteiger partial charge in [-0.1, -0.05) is 102 Å². The number of nitrogens with zero attached hydrogens (tertiary/aromatic N) is 9. The summed E-state index contributed by atoms with van der Waals surface area (Å²) in [6.07, 6.45) is 11.5. The Kier molecular flexibility index (Phi) is 13.8. The first-order chi connectivity index (χ1) is 32.1. The number of anilines is 2. The van der Waals surface area contributed by atoms with Gasteiger partial charge in [0, 0.05) is 77.4 Å². The zero-order chi connectivity index (χ0) is 45.1. The third kappa shape index (κ3) is 8.49. The molecule has 1 N–H and O–H groups in total. The van der Waals surface area contributed by atoms with Crippen molar-refractivity contribution >= 4 is 63.7 Å². The molecule has 12 rings (SSSR count). The molecule has 0 unspecified atom stereocenters. The van der Waals surface area contributed by atoms with E-state index in [2.05, 4.69) is 196 Å². The van der Waals surface area contributed by atoms with Crippen molar-refractivity contribution in [2.24, 2.45) is 0 Å². The van der Waals surface area contributed by atoms with Crippen LogP contribution in [0.5, 0.6) is 0 Å². The van der Waals surface area contributed by atoms with Gasteiger partial charge in [-0.15, -0.1) is 0 Å². The Hall–Kier alpha value is -5.26. The molecule has 0 fully saturated rings. The Bertz CT molecular complexity index is 3370. The molecule has 0 aliphatic carbocycles. The van der Waals surface area contributed by atoms with Gasteiger partial charge in [-0.25, -0.2) is 29.9 Å². The van der Waals surface area contributed by atoms with E-state index in [1.54, 1.807) is 12.7 Å². The molecule has 0 radical (unpaired) electrons. The number of aromatic amines is 1. The summed E-state index contributed by atoms with van der Waals surface area (Å²) in [5, 5.41) is 4.47. The molecule has 6 aromatic heterocycles. The number of rotatable bonds is 8. The molecule has 13 heteroatoms. The normalized spacial score (nSPS) is 13.3. The molecule has 10 aromatic rings. The molecular weight excluding hydrogens is 981 g/mol. The molecule has 336 valence electrons. The Morgan fingerprint density at radius 3 is 1.46 bits per heavy atom. The Morgan fingerprint density at radius 2 is 0.971 bits per heavy atom. The molecule has 0 bridgehead atoms. The van der Waals surface area contributed by atoms with Crippen LogP contribution in [0.25, 0.3) is 66.1 Å². The average Bonchev–Trinajstić information content (AvgIpc) is 4.16. The minimum atomic E-state index is -1.87. The largest absolute Gasteiger partial charge is 1.00 e. The van der Waals surface area contributed by atoms with Crippen molar-refractivity contribution in [3.63, 3.8) is 0 Å². The fourth-order valence-corrected chi connectivity index (χ4v) is 17.9. The Morgan fingerprint density at radius 1 is 0.500 bits per heavy atom. The van der Waals surface area contributed by atoms with Crippen LogP contribution in [0.2, 0.25) is 16.6 Å². The number of hydrogen-bond donors (Lipinski definition) is 1. The first-order valence-corrected chi connectivity index (χ1v) is 25.4. The molecule has 2 aliphatic rings. The Balaban J connectivity index is 0.000000172. The van der Waals surface area contributed by atoms with Gasteiger partial charge in [0.05, 0.1) is 11.0 Å². The van der Waals surface area contributed by atoms with Crippen LogP contribution in [-0.4, -0.2) is 47.4 Å². The SMILES string of the molecule is CC(C)[Si](C(C)C)(C(C)C)n1ccc2cc(-c3ccc4ncnc(N5Cc6ccccc6C5)c4c3)cnc21.[Cs+].[F-].c1ccc2c(c1)CN(c1ncnc3ccc(-c4cnc5[nH]ccc5c4)cc13)C2. The number of nitrogens with one attached hydrogen (secondary N) is 1. The molecule has 10 nitrogen and oxygen atoms in total. The van der Waals surface area contributed by atoms with Crippen LogP contribution in [0.1, 0.15) is 63.8 Å². The fraction of sp³-hybridized carbons (Fsp3) is 0.236.